The topological polar surface area (TPSA) is 33.7 Å². The number of piperidine rings is 1. The predicted molar refractivity (Wildman–Crippen MR) is 71.5 cm³/mol. The second kappa shape index (κ2) is 5.06. The molecule has 2 aliphatic rings. The molecule has 4 nitrogen and oxygen atoms in total. The Morgan fingerprint density at radius 1 is 1.28 bits per heavy atom. The molecule has 2 aliphatic heterocycles. The van der Waals surface area contributed by atoms with E-state index in [0.29, 0.717) is 12.8 Å². The van der Waals surface area contributed by atoms with Crippen LogP contribution in [0.1, 0.15) is 19.3 Å². The first-order valence-electron chi connectivity index (χ1n) is 6.67. The monoisotopic (exact) mass is 248 g/mol. The molecule has 0 bridgehead atoms. The van der Waals surface area contributed by atoms with Gasteiger partial charge in [0, 0.05) is 31.4 Å². The van der Waals surface area contributed by atoms with E-state index in [0.717, 1.165) is 24.6 Å². The van der Waals surface area contributed by atoms with Crippen molar-refractivity contribution >= 4 is 5.69 Å². The molecule has 0 radical (unpaired) electrons. The molecular weight excluding hydrogens is 228 g/mol. The van der Waals surface area contributed by atoms with Gasteiger partial charge in [0.25, 0.3) is 0 Å². The summed E-state index contributed by atoms with van der Waals surface area (Å²) in [5.74, 6) is 1.71. The van der Waals surface area contributed by atoms with Crippen molar-refractivity contribution in [3.05, 3.63) is 18.2 Å². The Kier molecular flexibility index (Phi) is 3.28. The fraction of sp³-hybridized carbons (Fsp3) is 0.571. The zero-order valence-electron chi connectivity index (χ0n) is 10.8. The molecule has 1 aromatic rings. The second-order valence-corrected chi connectivity index (χ2v) is 5.06. The van der Waals surface area contributed by atoms with Gasteiger partial charge in [0.05, 0.1) is 0 Å². The summed E-state index contributed by atoms with van der Waals surface area (Å²) in [6.45, 7) is 2.53. The van der Waals surface area contributed by atoms with E-state index >= 15 is 0 Å². The molecule has 4 heteroatoms. The van der Waals surface area contributed by atoms with Crippen LogP contribution in [-0.2, 0) is 0 Å². The van der Waals surface area contributed by atoms with Crippen molar-refractivity contribution in [1.82, 2.24) is 5.32 Å². The lowest BCUT2D eigenvalue weighted by Crippen LogP contribution is -2.42. The van der Waals surface area contributed by atoms with Crippen LogP contribution in [0.25, 0.3) is 0 Å². The number of anilines is 1. The van der Waals surface area contributed by atoms with Crippen LogP contribution in [0, 0.1) is 0 Å². The Hall–Kier alpha value is -1.42. The summed E-state index contributed by atoms with van der Waals surface area (Å²) >= 11 is 0. The Morgan fingerprint density at radius 3 is 3.00 bits per heavy atom. The van der Waals surface area contributed by atoms with Crippen molar-refractivity contribution in [3.63, 3.8) is 0 Å². The van der Waals surface area contributed by atoms with Crippen molar-refractivity contribution < 1.29 is 9.47 Å². The zero-order valence-corrected chi connectivity index (χ0v) is 10.8. The van der Waals surface area contributed by atoms with E-state index in [1.165, 1.54) is 24.9 Å². The van der Waals surface area contributed by atoms with Gasteiger partial charge in [-0.1, -0.05) is 6.42 Å². The summed E-state index contributed by atoms with van der Waals surface area (Å²) in [6.07, 6.45) is 3.92. The highest BCUT2D eigenvalue weighted by Crippen LogP contribution is 2.35. The molecule has 1 unspecified atom stereocenters. The molecule has 0 aromatic heterocycles. The van der Waals surface area contributed by atoms with Gasteiger partial charge in [-0.05, 0) is 31.5 Å². The van der Waals surface area contributed by atoms with Gasteiger partial charge in [0.2, 0.25) is 6.79 Å². The summed E-state index contributed by atoms with van der Waals surface area (Å²) in [7, 11) is 2.13. The molecule has 1 N–H and O–H groups in total. The molecule has 1 atom stereocenters. The van der Waals surface area contributed by atoms with Crippen LogP contribution < -0.4 is 19.7 Å². The number of nitrogens with zero attached hydrogens (tertiary/aromatic N) is 1. The Bertz CT molecular complexity index is 416. The lowest BCUT2D eigenvalue weighted by atomic mass is 10.0. The number of benzene rings is 1. The number of rotatable bonds is 3. The Labute approximate surface area is 108 Å². The zero-order chi connectivity index (χ0) is 12.4. The molecule has 98 valence electrons. The van der Waals surface area contributed by atoms with Gasteiger partial charge in [0.1, 0.15) is 0 Å². The molecule has 3 rings (SSSR count). The van der Waals surface area contributed by atoms with Crippen molar-refractivity contribution in [2.75, 3.05) is 31.8 Å². The average Bonchev–Trinajstić information content (AvgIpc) is 2.87. The Balaban J connectivity index is 1.66. The molecule has 1 fully saturated rings. The lowest BCUT2D eigenvalue weighted by molar-refractivity contribution is 0.174. The predicted octanol–water partition coefficient (Wildman–Crippen LogP) is 1.99. The van der Waals surface area contributed by atoms with E-state index in [1.807, 2.05) is 6.07 Å². The number of nitrogens with one attached hydrogen (secondary N) is 1. The maximum Gasteiger partial charge on any atom is 0.231 e. The largest absolute Gasteiger partial charge is 0.454 e. The highest BCUT2D eigenvalue weighted by Gasteiger charge is 2.17. The smallest absolute Gasteiger partial charge is 0.231 e. The van der Waals surface area contributed by atoms with Crippen molar-refractivity contribution in [2.45, 2.75) is 25.3 Å². The van der Waals surface area contributed by atoms with Crippen LogP contribution in [-0.4, -0.2) is 33.0 Å². The first-order valence-corrected chi connectivity index (χ1v) is 6.67. The van der Waals surface area contributed by atoms with Crippen molar-refractivity contribution in [1.29, 1.82) is 0 Å². The standard InChI is InChI=1S/C14H20N2O2/c1-16(9-11-4-2-3-7-15-11)12-5-6-13-14(8-12)18-10-17-13/h5-6,8,11,15H,2-4,7,9-10H2,1H3. The van der Waals surface area contributed by atoms with Gasteiger partial charge in [-0.15, -0.1) is 0 Å². The molecule has 0 aliphatic carbocycles. The minimum atomic E-state index is 0.340. The van der Waals surface area contributed by atoms with Gasteiger partial charge in [-0.2, -0.15) is 0 Å². The summed E-state index contributed by atoms with van der Waals surface area (Å²) in [6, 6.07) is 6.75. The van der Waals surface area contributed by atoms with Gasteiger partial charge < -0.3 is 19.7 Å². The summed E-state index contributed by atoms with van der Waals surface area (Å²) in [4.78, 5) is 2.28. The van der Waals surface area contributed by atoms with Crippen LogP contribution in [0.4, 0.5) is 5.69 Å². The van der Waals surface area contributed by atoms with E-state index in [1.54, 1.807) is 0 Å². The highest BCUT2D eigenvalue weighted by molar-refractivity contribution is 5.56. The molecule has 2 heterocycles. The summed E-state index contributed by atoms with van der Waals surface area (Å²) in [5.41, 5.74) is 1.19. The van der Waals surface area contributed by atoms with E-state index < -0.39 is 0 Å². The highest BCUT2D eigenvalue weighted by atomic mass is 16.7. The van der Waals surface area contributed by atoms with Crippen LogP contribution in [0.15, 0.2) is 18.2 Å². The maximum atomic E-state index is 5.41. The number of hydrogen-bond donors (Lipinski definition) is 1. The molecule has 0 saturated carbocycles. The average molecular weight is 248 g/mol. The van der Waals surface area contributed by atoms with Gasteiger partial charge in [-0.25, -0.2) is 0 Å². The van der Waals surface area contributed by atoms with E-state index in [-0.39, 0.29) is 0 Å². The van der Waals surface area contributed by atoms with Crippen molar-refractivity contribution in [2.24, 2.45) is 0 Å². The SMILES string of the molecule is CN(CC1CCCCN1)c1ccc2c(c1)OCO2. The molecule has 0 amide bonds. The third-order valence-corrected chi connectivity index (χ3v) is 3.70. The number of fused-ring (bicyclic) bond motifs is 1. The fourth-order valence-electron chi connectivity index (χ4n) is 2.64. The van der Waals surface area contributed by atoms with Crippen LogP contribution >= 0.6 is 0 Å². The number of hydrogen-bond acceptors (Lipinski definition) is 4. The molecule has 1 aromatic carbocycles. The lowest BCUT2D eigenvalue weighted by Gasteiger charge is -2.29. The van der Waals surface area contributed by atoms with Crippen LogP contribution in [0.3, 0.4) is 0 Å². The quantitative estimate of drug-likeness (QED) is 0.887. The third kappa shape index (κ3) is 2.38. The number of likely N-dealkylation sites (N-methyl/N-ethyl adjacent to an activating group) is 1. The summed E-state index contributed by atoms with van der Waals surface area (Å²) in [5, 5.41) is 3.57. The molecular formula is C14H20N2O2. The van der Waals surface area contributed by atoms with Crippen LogP contribution in [0.2, 0.25) is 0 Å². The van der Waals surface area contributed by atoms with Crippen LogP contribution in [0.5, 0.6) is 11.5 Å². The molecule has 18 heavy (non-hydrogen) atoms. The summed E-state index contributed by atoms with van der Waals surface area (Å²) < 4.78 is 10.7. The third-order valence-electron chi connectivity index (χ3n) is 3.70. The fourth-order valence-corrected chi connectivity index (χ4v) is 2.64. The number of ether oxygens (including phenoxy) is 2. The minimum Gasteiger partial charge on any atom is -0.454 e. The van der Waals surface area contributed by atoms with Gasteiger partial charge in [-0.3, -0.25) is 0 Å². The molecule has 1 saturated heterocycles. The van der Waals surface area contributed by atoms with Gasteiger partial charge in [0.15, 0.2) is 11.5 Å². The van der Waals surface area contributed by atoms with Crippen molar-refractivity contribution in [3.8, 4) is 11.5 Å². The van der Waals surface area contributed by atoms with E-state index in [9.17, 15) is 0 Å². The second-order valence-electron chi connectivity index (χ2n) is 5.06. The normalized spacial score (nSPS) is 21.9. The first-order chi connectivity index (χ1) is 8.83. The molecule has 0 spiro atoms. The maximum absolute atomic E-state index is 5.41. The minimum absolute atomic E-state index is 0.340. The van der Waals surface area contributed by atoms with Gasteiger partial charge >= 0.3 is 0 Å². The Morgan fingerprint density at radius 2 is 2.17 bits per heavy atom. The first kappa shape index (κ1) is 11.7. The van der Waals surface area contributed by atoms with E-state index in [4.69, 9.17) is 9.47 Å². The van der Waals surface area contributed by atoms with E-state index in [2.05, 4.69) is 29.4 Å².